The molecule has 1 heterocycles. The normalized spacial score (nSPS) is 12.3. The molecule has 0 atom stereocenters. The second-order valence-electron chi connectivity index (χ2n) is 6.64. The Morgan fingerprint density at radius 2 is 1.95 bits per heavy atom. The first-order chi connectivity index (χ1) is 9.09. The minimum atomic E-state index is -0.471. The van der Waals surface area contributed by atoms with Gasteiger partial charge in [-0.2, -0.15) is 0 Å². The molecule has 4 nitrogen and oxygen atoms in total. The summed E-state index contributed by atoms with van der Waals surface area (Å²) in [5.74, 6) is 0. The van der Waals surface area contributed by atoms with E-state index in [1.165, 1.54) is 10.4 Å². The van der Waals surface area contributed by atoms with Gasteiger partial charge in [-0.15, -0.1) is 11.3 Å². The quantitative estimate of drug-likeness (QED) is 0.875. The number of rotatable bonds is 5. The number of ether oxygens (including phenoxy) is 1. The Labute approximate surface area is 125 Å². The first-order valence-corrected chi connectivity index (χ1v) is 7.72. The second kappa shape index (κ2) is 6.59. The summed E-state index contributed by atoms with van der Waals surface area (Å²) >= 11 is 1.75. The molecule has 0 saturated heterocycles. The summed E-state index contributed by atoms with van der Waals surface area (Å²) in [6, 6.07) is 2.12. The molecule has 1 aromatic heterocycles. The van der Waals surface area contributed by atoms with Crippen molar-refractivity contribution < 1.29 is 9.53 Å². The van der Waals surface area contributed by atoms with Gasteiger partial charge >= 0.3 is 6.09 Å². The van der Waals surface area contributed by atoms with E-state index in [-0.39, 0.29) is 11.6 Å². The lowest BCUT2D eigenvalue weighted by molar-refractivity contribution is 0.0472. The topological polar surface area (TPSA) is 50.4 Å². The third-order valence-corrected chi connectivity index (χ3v) is 3.68. The Bertz CT molecular complexity index is 447. The van der Waals surface area contributed by atoms with E-state index in [1.54, 1.807) is 11.3 Å². The van der Waals surface area contributed by atoms with E-state index >= 15 is 0 Å². The molecular formula is C15H26N2O2S. The van der Waals surface area contributed by atoms with Crippen molar-refractivity contribution in [1.29, 1.82) is 0 Å². The van der Waals surface area contributed by atoms with Crippen LogP contribution in [0.1, 0.15) is 45.1 Å². The minimum absolute atomic E-state index is 0.354. The number of thiophene rings is 1. The molecule has 0 aromatic carbocycles. The standard InChI is InChI=1S/C15H26N2O2S/c1-11-7-8-20-12(11)9-16-10-15(5,6)17-13(18)19-14(2,3)4/h7-8,16H,9-10H2,1-6H3,(H,17,18). The lowest BCUT2D eigenvalue weighted by Crippen LogP contribution is -2.51. The van der Waals surface area contributed by atoms with Gasteiger partial charge in [0, 0.05) is 18.0 Å². The first kappa shape index (κ1) is 17.0. The number of carbonyl (C=O) groups excluding carboxylic acids is 1. The van der Waals surface area contributed by atoms with E-state index in [9.17, 15) is 4.79 Å². The molecule has 114 valence electrons. The summed E-state index contributed by atoms with van der Waals surface area (Å²) < 4.78 is 5.27. The van der Waals surface area contributed by atoms with Crippen LogP contribution in [0.5, 0.6) is 0 Å². The van der Waals surface area contributed by atoms with Crippen molar-refractivity contribution in [3.8, 4) is 0 Å². The van der Waals surface area contributed by atoms with Crippen LogP contribution in [0.2, 0.25) is 0 Å². The lowest BCUT2D eigenvalue weighted by Gasteiger charge is -2.29. The van der Waals surface area contributed by atoms with Crippen LogP contribution in [0.3, 0.4) is 0 Å². The average Bonchev–Trinajstić information content (AvgIpc) is 2.60. The molecule has 1 aromatic rings. The number of alkyl carbamates (subject to hydrolysis) is 1. The van der Waals surface area contributed by atoms with Crippen LogP contribution in [0.4, 0.5) is 4.79 Å². The Hall–Kier alpha value is -1.07. The zero-order chi connectivity index (χ0) is 15.4. The van der Waals surface area contributed by atoms with E-state index in [0.29, 0.717) is 6.54 Å². The SMILES string of the molecule is Cc1ccsc1CNCC(C)(C)NC(=O)OC(C)(C)C. The monoisotopic (exact) mass is 298 g/mol. The van der Waals surface area contributed by atoms with Gasteiger partial charge in [-0.05, 0) is 58.6 Å². The molecule has 0 fully saturated rings. The molecule has 0 unspecified atom stereocenters. The summed E-state index contributed by atoms with van der Waals surface area (Å²) in [6.07, 6.45) is -0.378. The zero-order valence-electron chi connectivity index (χ0n) is 13.3. The van der Waals surface area contributed by atoms with Crippen molar-refractivity contribution in [3.63, 3.8) is 0 Å². The molecule has 0 saturated carbocycles. The van der Waals surface area contributed by atoms with Gasteiger partial charge in [-0.3, -0.25) is 0 Å². The van der Waals surface area contributed by atoms with Gasteiger partial charge in [0.05, 0.1) is 5.54 Å². The highest BCUT2D eigenvalue weighted by atomic mass is 32.1. The van der Waals surface area contributed by atoms with Crippen molar-refractivity contribution in [3.05, 3.63) is 21.9 Å². The predicted octanol–water partition coefficient (Wildman–Crippen LogP) is 3.45. The van der Waals surface area contributed by atoms with E-state index in [1.807, 2.05) is 34.6 Å². The minimum Gasteiger partial charge on any atom is -0.444 e. The van der Waals surface area contributed by atoms with Crippen LogP contribution in [-0.2, 0) is 11.3 Å². The van der Waals surface area contributed by atoms with Crippen LogP contribution in [0.15, 0.2) is 11.4 Å². The van der Waals surface area contributed by atoms with E-state index < -0.39 is 5.60 Å². The number of hydrogen-bond donors (Lipinski definition) is 2. The van der Waals surface area contributed by atoms with E-state index in [2.05, 4.69) is 29.0 Å². The van der Waals surface area contributed by atoms with Crippen molar-refractivity contribution in [2.75, 3.05) is 6.54 Å². The molecular weight excluding hydrogens is 272 g/mol. The number of hydrogen-bond acceptors (Lipinski definition) is 4. The molecule has 0 spiro atoms. The molecule has 0 aliphatic heterocycles. The highest BCUT2D eigenvalue weighted by Gasteiger charge is 2.24. The first-order valence-electron chi connectivity index (χ1n) is 6.84. The van der Waals surface area contributed by atoms with Crippen LogP contribution in [0.25, 0.3) is 0 Å². The van der Waals surface area contributed by atoms with Gasteiger partial charge in [0.25, 0.3) is 0 Å². The van der Waals surface area contributed by atoms with Crippen LogP contribution >= 0.6 is 11.3 Å². The number of nitrogens with one attached hydrogen (secondary N) is 2. The van der Waals surface area contributed by atoms with Gasteiger partial charge in [-0.25, -0.2) is 4.79 Å². The molecule has 1 amide bonds. The number of carbonyl (C=O) groups is 1. The Morgan fingerprint density at radius 3 is 2.45 bits per heavy atom. The molecule has 0 aliphatic carbocycles. The maximum Gasteiger partial charge on any atom is 0.408 e. The van der Waals surface area contributed by atoms with Crippen LogP contribution in [-0.4, -0.2) is 23.8 Å². The summed E-state index contributed by atoms with van der Waals surface area (Å²) in [5.41, 5.74) is 0.482. The van der Waals surface area contributed by atoms with Crippen LogP contribution < -0.4 is 10.6 Å². The maximum absolute atomic E-state index is 11.8. The van der Waals surface area contributed by atoms with Crippen molar-refractivity contribution >= 4 is 17.4 Å². The van der Waals surface area contributed by atoms with Gasteiger partial charge in [0.1, 0.15) is 5.60 Å². The van der Waals surface area contributed by atoms with Crippen molar-refractivity contribution in [1.82, 2.24) is 10.6 Å². The number of aryl methyl sites for hydroxylation is 1. The highest BCUT2D eigenvalue weighted by molar-refractivity contribution is 7.10. The van der Waals surface area contributed by atoms with Gasteiger partial charge in [0.2, 0.25) is 0 Å². The lowest BCUT2D eigenvalue weighted by atomic mass is 10.1. The Morgan fingerprint density at radius 1 is 1.30 bits per heavy atom. The molecule has 0 aliphatic rings. The van der Waals surface area contributed by atoms with Crippen molar-refractivity contribution in [2.45, 2.75) is 59.2 Å². The third kappa shape index (κ3) is 6.39. The molecule has 2 N–H and O–H groups in total. The van der Waals surface area contributed by atoms with Gasteiger partial charge in [-0.1, -0.05) is 0 Å². The molecule has 0 radical (unpaired) electrons. The summed E-state index contributed by atoms with van der Waals surface area (Å²) in [7, 11) is 0. The fraction of sp³-hybridized carbons (Fsp3) is 0.667. The summed E-state index contributed by atoms with van der Waals surface area (Å²) in [5, 5.41) is 8.36. The Balaban J connectivity index is 2.38. The fourth-order valence-electron chi connectivity index (χ4n) is 1.70. The van der Waals surface area contributed by atoms with Gasteiger partial charge in [0.15, 0.2) is 0 Å². The Kier molecular flexibility index (Phi) is 5.59. The largest absolute Gasteiger partial charge is 0.444 e. The van der Waals surface area contributed by atoms with Crippen molar-refractivity contribution in [2.24, 2.45) is 0 Å². The maximum atomic E-state index is 11.8. The summed E-state index contributed by atoms with van der Waals surface area (Å²) in [6.45, 7) is 13.1. The molecule has 5 heteroatoms. The number of amides is 1. The average molecular weight is 298 g/mol. The van der Waals surface area contributed by atoms with Crippen LogP contribution in [0, 0.1) is 6.92 Å². The second-order valence-corrected chi connectivity index (χ2v) is 7.64. The van der Waals surface area contributed by atoms with Gasteiger partial charge < -0.3 is 15.4 Å². The van der Waals surface area contributed by atoms with E-state index in [4.69, 9.17) is 4.74 Å². The predicted molar refractivity (Wildman–Crippen MR) is 84.2 cm³/mol. The molecule has 1 rings (SSSR count). The highest BCUT2D eigenvalue weighted by Crippen LogP contribution is 2.15. The molecule has 0 bridgehead atoms. The smallest absolute Gasteiger partial charge is 0.408 e. The third-order valence-electron chi connectivity index (χ3n) is 2.66. The summed E-state index contributed by atoms with van der Waals surface area (Å²) in [4.78, 5) is 13.1. The van der Waals surface area contributed by atoms with E-state index in [0.717, 1.165) is 6.54 Å². The zero-order valence-corrected chi connectivity index (χ0v) is 14.1. The fourth-order valence-corrected chi connectivity index (χ4v) is 2.57. The molecule has 20 heavy (non-hydrogen) atoms.